The van der Waals surface area contributed by atoms with Gasteiger partial charge < -0.3 is 0 Å². The number of hydrogen-bond donors (Lipinski definition) is 0. The van der Waals surface area contributed by atoms with Gasteiger partial charge in [0.1, 0.15) is 22.4 Å². The average molecular weight is 215 g/mol. The number of nitrogens with zero attached hydrogens (tertiary/aromatic N) is 5. The predicted octanol–water partition coefficient (Wildman–Crippen LogP) is 1.29. The van der Waals surface area contributed by atoms with Crippen molar-refractivity contribution in [2.45, 2.75) is 10.1 Å². The molecule has 2 heterocycles. The van der Waals surface area contributed by atoms with Crippen LogP contribution in [-0.4, -0.2) is 19.9 Å². The Bertz CT molecular complexity index is 476. The maximum Gasteiger partial charge on any atom is 0.158 e. The Balaban J connectivity index is 2.16. The van der Waals surface area contributed by atoms with Gasteiger partial charge >= 0.3 is 0 Å². The maximum atomic E-state index is 8.54. The zero-order valence-electron chi connectivity index (χ0n) is 7.53. The van der Waals surface area contributed by atoms with Gasteiger partial charge in [0.15, 0.2) is 5.69 Å². The molecule has 0 saturated heterocycles. The molecule has 0 aliphatic rings. The minimum atomic E-state index is 0.307. The van der Waals surface area contributed by atoms with E-state index in [2.05, 4.69) is 19.9 Å². The minimum absolute atomic E-state index is 0.307. The molecule has 72 valence electrons. The molecule has 0 spiro atoms. The highest BCUT2D eigenvalue weighted by Crippen LogP contribution is 2.21. The van der Waals surface area contributed by atoms with Gasteiger partial charge in [-0.1, -0.05) is 0 Å². The van der Waals surface area contributed by atoms with Gasteiger partial charge in [0, 0.05) is 6.20 Å². The van der Waals surface area contributed by atoms with Crippen LogP contribution in [-0.2, 0) is 0 Å². The van der Waals surface area contributed by atoms with Crippen LogP contribution in [0.2, 0.25) is 0 Å². The maximum absolute atomic E-state index is 8.54. The van der Waals surface area contributed by atoms with Crippen LogP contribution >= 0.6 is 11.8 Å². The SMILES string of the molecule is N#Cc1cnc(Sc2ccncn2)cn1. The highest BCUT2D eigenvalue weighted by Gasteiger charge is 2.00. The van der Waals surface area contributed by atoms with E-state index in [4.69, 9.17) is 5.26 Å². The van der Waals surface area contributed by atoms with E-state index in [1.165, 1.54) is 24.3 Å². The largest absolute Gasteiger partial charge is 0.245 e. The molecule has 6 heteroatoms. The van der Waals surface area contributed by atoms with Crippen molar-refractivity contribution in [1.82, 2.24) is 19.9 Å². The molecule has 0 N–H and O–H groups in total. The molecule has 0 aliphatic heterocycles. The summed E-state index contributed by atoms with van der Waals surface area (Å²) in [6, 6.07) is 3.69. The van der Waals surface area contributed by atoms with Crippen LogP contribution in [0.4, 0.5) is 0 Å². The van der Waals surface area contributed by atoms with Crippen LogP contribution in [0.5, 0.6) is 0 Å². The molecule has 0 radical (unpaired) electrons. The van der Waals surface area contributed by atoms with Crippen molar-refractivity contribution in [3.63, 3.8) is 0 Å². The first kappa shape index (κ1) is 9.55. The highest BCUT2D eigenvalue weighted by molar-refractivity contribution is 7.99. The predicted molar refractivity (Wildman–Crippen MR) is 52.9 cm³/mol. The zero-order valence-corrected chi connectivity index (χ0v) is 8.35. The van der Waals surface area contributed by atoms with Gasteiger partial charge in [-0.15, -0.1) is 0 Å². The fourth-order valence-corrected chi connectivity index (χ4v) is 1.53. The summed E-state index contributed by atoms with van der Waals surface area (Å²) in [5, 5.41) is 10.0. The summed E-state index contributed by atoms with van der Waals surface area (Å²) in [5.41, 5.74) is 0.307. The second-order valence-electron chi connectivity index (χ2n) is 2.50. The van der Waals surface area contributed by atoms with E-state index in [1.54, 1.807) is 18.5 Å². The first-order chi connectivity index (χ1) is 7.38. The molecule has 0 amide bonds. The van der Waals surface area contributed by atoms with Gasteiger partial charge in [-0.05, 0) is 17.8 Å². The second-order valence-corrected chi connectivity index (χ2v) is 3.54. The van der Waals surface area contributed by atoms with Crippen molar-refractivity contribution in [1.29, 1.82) is 5.26 Å². The lowest BCUT2D eigenvalue weighted by Gasteiger charge is -1.97. The molecule has 0 aromatic carbocycles. The summed E-state index contributed by atoms with van der Waals surface area (Å²) in [6.07, 6.45) is 6.11. The normalized spacial score (nSPS) is 9.53. The van der Waals surface area contributed by atoms with Crippen molar-refractivity contribution in [2.24, 2.45) is 0 Å². The Labute approximate surface area is 90.2 Å². The Kier molecular flexibility index (Phi) is 2.85. The van der Waals surface area contributed by atoms with Crippen molar-refractivity contribution in [2.75, 3.05) is 0 Å². The van der Waals surface area contributed by atoms with E-state index in [0.29, 0.717) is 10.7 Å². The molecular weight excluding hydrogens is 210 g/mol. The van der Waals surface area contributed by atoms with E-state index in [0.717, 1.165) is 5.03 Å². The Morgan fingerprint density at radius 2 is 2.07 bits per heavy atom. The lowest BCUT2D eigenvalue weighted by atomic mass is 10.5. The van der Waals surface area contributed by atoms with E-state index in [-0.39, 0.29) is 0 Å². The molecule has 2 aromatic heterocycles. The van der Waals surface area contributed by atoms with Crippen LogP contribution in [0.25, 0.3) is 0 Å². The summed E-state index contributed by atoms with van der Waals surface area (Å²) in [7, 11) is 0. The minimum Gasteiger partial charge on any atom is -0.245 e. The standard InChI is InChI=1S/C9H5N5S/c10-3-7-4-13-9(5-12-7)15-8-1-2-11-6-14-8/h1-2,4-6H. The van der Waals surface area contributed by atoms with Gasteiger partial charge in [-0.2, -0.15) is 5.26 Å². The lowest BCUT2D eigenvalue weighted by molar-refractivity contribution is 1.01. The van der Waals surface area contributed by atoms with Gasteiger partial charge in [0.05, 0.1) is 12.4 Å². The molecule has 0 fully saturated rings. The number of hydrogen-bond acceptors (Lipinski definition) is 6. The topological polar surface area (TPSA) is 75.3 Å². The van der Waals surface area contributed by atoms with Crippen LogP contribution in [0.1, 0.15) is 5.69 Å². The Morgan fingerprint density at radius 1 is 1.13 bits per heavy atom. The molecule has 5 nitrogen and oxygen atoms in total. The molecule has 0 saturated carbocycles. The van der Waals surface area contributed by atoms with Crippen LogP contribution in [0.3, 0.4) is 0 Å². The third kappa shape index (κ3) is 2.48. The molecule has 0 unspecified atom stereocenters. The summed E-state index contributed by atoms with van der Waals surface area (Å²) in [6.45, 7) is 0. The van der Waals surface area contributed by atoms with Crippen molar-refractivity contribution < 1.29 is 0 Å². The van der Waals surface area contributed by atoms with Gasteiger partial charge in [-0.3, -0.25) is 0 Å². The highest BCUT2D eigenvalue weighted by atomic mass is 32.2. The average Bonchev–Trinajstić information content (AvgIpc) is 2.31. The van der Waals surface area contributed by atoms with E-state index >= 15 is 0 Å². The molecular formula is C9H5N5S. The second kappa shape index (κ2) is 4.48. The first-order valence-corrected chi connectivity index (χ1v) is 4.86. The fraction of sp³-hybridized carbons (Fsp3) is 0. The van der Waals surface area contributed by atoms with Gasteiger partial charge in [-0.25, -0.2) is 19.9 Å². The molecule has 2 aromatic rings. The Hall–Kier alpha value is -2.00. The molecule has 0 atom stereocenters. The summed E-state index contributed by atoms with van der Waals surface area (Å²) < 4.78 is 0. The van der Waals surface area contributed by atoms with E-state index < -0.39 is 0 Å². The van der Waals surface area contributed by atoms with Crippen LogP contribution < -0.4 is 0 Å². The third-order valence-electron chi connectivity index (χ3n) is 1.51. The molecule has 15 heavy (non-hydrogen) atoms. The lowest BCUT2D eigenvalue weighted by Crippen LogP contribution is -1.87. The summed E-state index contributed by atoms with van der Waals surface area (Å²) >= 11 is 1.37. The summed E-state index contributed by atoms with van der Waals surface area (Å²) in [5.74, 6) is 0. The van der Waals surface area contributed by atoms with Gasteiger partial charge in [0.2, 0.25) is 0 Å². The van der Waals surface area contributed by atoms with Crippen LogP contribution in [0.15, 0.2) is 41.0 Å². The zero-order chi connectivity index (χ0) is 10.5. The molecule has 2 rings (SSSR count). The van der Waals surface area contributed by atoms with Crippen LogP contribution in [0, 0.1) is 11.3 Å². The van der Waals surface area contributed by atoms with E-state index in [1.807, 2.05) is 6.07 Å². The monoisotopic (exact) mass is 215 g/mol. The molecule has 0 bridgehead atoms. The first-order valence-electron chi connectivity index (χ1n) is 4.04. The van der Waals surface area contributed by atoms with Crippen molar-refractivity contribution in [3.05, 3.63) is 36.7 Å². The smallest absolute Gasteiger partial charge is 0.158 e. The number of aromatic nitrogens is 4. The fourth-order valence-electron chi connectivity index (χ4n) is 0.873. The quantitative estimate of drug-likeness (QED) is 0.702. The van der Waals surface area contributed by atoms with E-state index in [9.17, 15) is 0 Å². The van der Waals surface area contributed by atoms with Gasteiger partial charge in [0.25, 0.3) is 0 Å². The van der Waals surface area contributed by atoms with Crippen molar-refractivity contribution in [3.8, 4) is 6.07 Å². The summed E-state index contributed by atoms with van der Waals surface area (Å²) in [4.78, 5) is 15.8. The van der Waals surface area contributed by atoms with Crippen molar-refractivity contribution >= 4 is 11.8 Å². The molecule has 0 aliphatic carbocycles. The number of rotatable bonds is 2. The number of nitriles is 1. The Morgan fingerprint density at radius 3 is 2.67 bits per heavy atom. The third-order valence-corrected chi connectivity index (χ3v) is 2.38.